The predicted octanol–water partition coefficient (Wildman–Crippen LogP) is 3.81. The van der Waals surface area contributed by atoms with Crippen LogP contribution in [0.15, 0.2) is 9.59 Å². The molecule has 33 heavy (non-hydrogen) atoms. The van der Waals surface area contributed by atoms with E-state index in [1.165, 1.54) is 0 Å². The summed E-state index contributed by atoms with van der Waals surface area (Å²) in [5.74, 6) is 0. The van der Waals surface area contributed by atoms with E-state index in [4.69, 9.17) is 4.74 Å². The van der Waals surface area contributed by atoms with Gasteiger partial charge in [-0.25, -0.2) is 15.0 Å². The number of carbonyl (C=O) groups excluding carboxylic acids is 1. The number of nitrogens with one attached hydrogen (secondary N) is 2. The number of hydrazine groups is 1. The third-order valence-corrected chi connectivity index (χ3v) is 6.81. The highest BCUT2D eigenvalue weighted by Gasteiger charge is 2.39. The summed E-state index contributed by atoms with van der Waals surface area (Å²) in [7, 11) is 0. The van der Waals surface area contributed by atoms with Gasteiger partial charge in [0.1, 0.15) is 10.4 Å². The first kappa shape index (κ1) is 25.3. The third kappa shape index (κ3) is 6.17. The molecule has 2 aromatic heterocycles. The zero-order valence-corrected chi connectivity index (χ0v) is 20.1. The van der Waals surface area contributed by atoms with Gasteiger partial charge in [-0.3, -0.25) is 19.4 Å². The average Bonchev–Trinajstić information content (AvgIpc) is 3.29. The number of hydrogen-bond donors (Lipinski definition) is 2. The summed E-state index contributed by atoms with van der Waals surface area (Å²) in [6.07, 6.45) is -4.60. The molecule has 1 fully saturated rings. The Labute approximate surface area is 192 Å². The largest absolute Gasteiger partial charge is 0.443 e. The maximum Gasteiger partial charge on any atom is 0.422 e. The van der Waals surface area contributed by atoms with Crippen molar-refractivity contribution in [2.75, 3.05) is 0 Å². The zero-order chi connectivity index (χ0) is 24.8. The number of thiophene rings is 1. The summed E-state index contributed by atoms with van der Waals surface area (Å²) in [5.41, 5.74) is 3.57. The number of hydrogen-bond acceptors (Lipinski definition) is 6. The van der Waals surface area contributed by atoms with Crippen molar-refractivity contribution in [3.63, 3.8) is 0 Å². The monoisotopic (exact) mass is 490 g/mol. The van der Waals surface area contributed by atoms with E-state index in [2.05, 4.69) is 10.9 Å². The lowest BCUT2D eigenvalue weighted by molar-refractivity contribution is -0.136. The number of rotatable bonds is 7. The van der Waals surface area contributed by atoms with Crippen LogP contribution in [-0.4, -0.2) is 27.0 Å². The summed E-state index contributed by atoms with van der Waals surface area (Å²) in [5, 5.41) is 0.236. The summed E-state index contributed by atoms with van der Waals surface area (Å²) in [4.78, 5) is 38.9. The molecule has 12 heteroatoms. The number of ether oxygens (including phenoxy) is 1. The number of amides is 1. The van der Waals surface area contributed by atoms with Crippen LogP contribution in [0.5, 0.6) is 0 Å². The molecule has 0 unspecified atom stereocenters. The topological polar surface area (TPSA) is 94.4 Å². The molecular formula is C21H29F3N4O4S. The number of alkyl halides is 3. The van der Waals surface area contributed by atoms with Gasteiger partial charge in [0.05, 0.1) is 11.8 Å². The third-order valence-electron chi connectivity index (χ3n) is 5.49. The SMILES string of the molecule is Cc1c(CNNC(=O)OC(C)(C)C)sc2c1c(=O)n(CC1(C)CC1)c(=O)n2CCC(F)(F)F. The van der Waals surface area contributed by atoms with Crippen molar-refractivity contribution in [3.8, 4) is 0 Å². The Morgan fingerprint density at radius 1 is 1.18 bits per heavy atom. The second kappa shape index (κ2) is 8.79. The Kier molecular flexibility index (Phi) is 6.73. The van der Waals surface area contributed by atoms with Gasteiger partial charge in [-0.1, -0.05) is 6.92 Å². The molecule has 1 amide bonds. The molecule has 2 aromatic rings. The zero-order valence-electron chi connectivity index (χ0n) is 19.3. The number of aromatic nitrogens is 2. The molecule has 184 valence electrons. The molecule has 0 radical (unpaired) electrons. The molecule has 0 bridgehead atoms. The molecule has 8 nitrogen and oxygen atoms in total. The predicted molar refractivity (Wildman–Crippen MR) is 119 cm³/mol. The van der Waals surface area contributed by atoms with Crippen LogP contribution < -0.4 is 22.1 Å². The highest BCUT2D eigenvalue weighted by Crippen LogP contribution is 2.46. The molecule has 2 N–H and O–H groups in total. The number of aryl methyl sites for hydroxylation is 2. The minimum absolute atomic E-state index is 0.106. The van der Waals surface area contributed by atoms with Crippen LogP contribution in [0.3, 0.4) is 0 Å². The van der Waals surface area contributed by atoms with Crippen LogP contribution in [0.2, 0.25) is 0 Å². The van der Waals surface area contributed by atoms with E-state index < -0.39 is 42.1 Å². The molecule has 1 saturated carbocycles. The van der Waals surface area contributed by atoms with Crippen molar-refractivity contribution in [2.45, 2.75) is 85.3 Å². The van der Waals surface area contributed by atoms with E-state index in [1.54, 1.807) is 27.7 Å². The quantitative estimate of drug-likeness (QED) is 0.576. The van der Waals surface area contributed by atoms with E-state index in [9.17, 15) is 27.6 Å². The van der Waals surface area contributed by atoms with Crippen molar-refractivity contribution >= 4 is 27.6 Å². The van der Waals surface area contributed by atoms with Crippen LogP contribution in [-0.2, 0) is 24.4 Å². The van der Waals surface area contributed by atoms with Crippen molar-refractivity contribution in [1.82, 2.24) is 20.0 Å². The smallest absolute Gasteiger partial charge is 0.422 e. The molecule has 1 aliphatic carbocycles. The molecule has 2 heterocycles. The molecule has 0 aromatic carbocycles. The van der Waals surface area contributed by atoms with E-state index in [0.717, 1.165) is 33.3 Å². The van der Waals surface area contributed by atoms with Crippen LogP contribution >= 0.6 is 11.3 Å². The summed E-state index contributed by atoms with van der Waals surface area (Å²) >= 11 is 1.06. The standard InChI is InChI=1S/C21H29F3N4O4S/c1-12-13(10-25-26-17(30)32-19(2,3)4)33-16-14(12)15(29)28(11-20(5)6-7-20)18(31)27(16)9-8-21(22,23)24/h25H,6-11H2,1-5H3,(H,26,30). The van der Waals surface area contributed by atoms with Crippen molar-refractivity contribution in [1.29, 1.82) is 0 Å². The molecule has 1 aliphatic rings. The Morgan fingerprint density at radius 3 is 2.36 bits per heavy atom. The molecule has 0 aliphatic heterocycles. The highest BCUT2D eigenvalue weighted by atomic mass is 32.1. The van der Waals surface area contributed by atoms with Gasteiger partial charge in [-0.2, -0.15) is 13.2 Å². The summed E-state index contributed by atoms with van der Waals surface area (Å²) in [6.45, 7) is 8.50. The number of fused-ring (bicyclic) bond motifs is 1. The van der Waals surface area contributed by atoms with Crippen molar-refractivity contribution in [3.05, 3.63) is 31.3 Å². The maximum absolute atomic E-state index is 13.2. The van der Waals surface area contributed by atoms with Gasteiger partial charge in [-0.15, -0.1) is 11.3 Å². The first-order chi connectivity index (χ1) is 15.1. The summed E-state index contributed by atoms with van der Waals surface area (Å²) in [6, 6.07) is 0. The fourth-order valence-corrected chi connectivity index (χ4v) is 4.69. The van der Waals surface area contributed by atoms with Gasteiger partial charge in [0, 0.05) is 24.5 Å². The van der Waals surface area contributed by atoms with Crippen LogP contribution in [0.4, 0.5) is 18.0 Å². The van der Waals surface area contributed by atoms with Gasteiger partial charge in [-0.05, 0) is 51.5 Å². The Balaban J connectivity index is 1.96. The second-order valence-electron chi connectivity index (χ2n) is 9.81. The molecule has 0 spiro atoms. The Hall–Kier alpha value is -2.34. The molecule has 0 atom stereocenters. The lowest BCUT2D eigenvalue weighted by Gasteiger charge is -2.19. The lowest BCUT2D eigenvalue weighted by atomic mass is 10.1. The average molecular weight is 491 g/mol. The first-order valence-corrected chi connectivity index (χ1v) is 11.5. The van der Waals surface area contributed by atoms with E-state index in [1.807, 2.05) is 6.92 Å². The molecule has 3 rings (SSSR count). The van der Waals surface area contributed by atoms with Gasteiger partial charge >= 0.3 is 18.0 Å². The highest BCUT2D eigenvalue weighted by molar-refractivity contribution is 7.18. The van der Waals surface area contributed by atoms with Crippen LogP contribution in [0.25, 0.3) is 10.2 Å². The number of carbonyl (C=O) groups is 1. The van der Waals surface area contributed by atoms with Gasteiger partial charge in [0.25, 0.3) is 5.56 Å². The molecule has 0 saturated heterocycles. The normalized spacial score (nSPS) is 15.6. The fraction of sp³-hybridized carbons (Fsp3) is 0.667. The van der Waals surface area contributed by atoms with Gasteiger partial charge in [0.15, 0.2) is 0 Å². The van der Waals surface area contributed by atoms with E-state index >= 15 is 0 Å². The van der Waals surface area contributed by atoms with E-state index in [-0.39, 0.29) is 28.7 Å². The number of nitrogens with zero attached hydrogens (tertiary/aromatic N) is 2. The molecular weight excluding hydrogens is 461 g/mol. The summed E-state index contributed by atoms with van der Waals surface area (Å²) < 4.78 is 46.1. The first-order valence-electron chi connectivity index (χ1n) is 10.6. The lowest BCUT2D eigenvalue weighted by Crippen LogP contribution is -2.41. The van der Waals surface area contributed by atoms with Crippen LogP contribution in [0, 0.1) is 12.3 Å². The maximum atomic E-state index is 13.2. The van der Waals surface area contributed by atoms with Crippen molar-refractivity contribution in [2.24, 2.45) is 5.41 Å². The van der Waals surface area contributed by atoms with Gasteiger partial charge < -0.3 is 4.74 Å². The Morgan fingerprint density at radius 2 is 1.82 bits per heavy atom. The van der Waals surface area contributed by atoms with Gasteiger partial charge in [0.2, 0.25) is 0 Å². The fourth-order valence-electron chi connectivity index (χ4n) is 3.44. The second-order valence-corrected chi connectivity index (χ2v) is 10.9. The van der Waals surface area contributed by atoms with E-state index in [0.29, 0.717) is 10.4 Å². The minimum Gasteiger partial charge on any atom is -0.443 e. The van der Waals surface area contributed by atoms with Crippen molar-refractivity contribution < 1.29 is 22.7 Å². The Bertz CT molecular complexity index is 1170. The van der Waals surface area contributed by atoms with Crippen LogP contribution in [0.1, 0.15) is 57.4 Å². The number of halogens is 3. The minimum atomic E-state index is -4.44.